The lowest BCUT2D eigenvalue weighted by molar-refractivity contribution is -0.142. The minimum atomic E-state index is -1.23. The maximum atomic E-state index is 13.0. The van der Waals surface area contributed by atoms with Gasteiger partial charge >= 0.3 is 5.97 Å². The third-order valence-corrected chi connectivity index (χ3v) is 8.88. The molecular formula is C32H35N3O4. The van der Waals surface area contributed by atoms with Crippen LogP contribution in [-0.4, -0.2) is 47.0 Å². The number of carbonyl (C=O) groups excluding carboxylic acids is 2. The van der Waals surface area contributed by atoms with Crippen LogP contribution < -0.4 is 5.73 Å². The zero-order valence-corrected chi connectivity index (χ0v) is 22.2. The maximum Gasteiger partial charge on any atom is 0.339 e. The topological polar surface area (TPSA) is 98.7 Å². The van der Waals surface area contributed by atoms with Crippen LogP contribution >= 0.6 is 0 Å². The number of furan rings is 1. The van der Waals surface area contributed by atoms with Gasteiger partial charge in [-0.2, -0.15) is 0 Å². The van der Waals surface area contributed by atoms with Crippen molar-refractivity contribution >= 4 is 33.7 Å². The van der Waals surface area contributed by atoms with E-state index in [4.69, 9.17) is 14.9 Å². The molecule has 1 aliphatic heterocycles. The Bertz CT molecular complexity index is 1480. The zero-order chi connectivity index (χ0) is 26.8. The molecule has 0 atom stereocenters. The average molecular weight is 526 g/mol. The van der Waals surface area contributed by atoms with Gasteiger partial charge in [-0.25, -0.2) is 4.79 Å². The number of rotatable bonds is 7. The number of likely N-dealkylation sites (tertiary alicyclic amines) is 1. The van der Waals surface area contributed by atoms with E-state index in [0.717, 1.165) is 68.2 Å². The van der Waals surface area contributed by atoms with E-state index in [1.807, 2.05) is 30.5 Å². The van der Waals surface area contributed by atoms with Crippen LogP contribution in [0.15, 0.2) is 71.5 Å². The second-order valence-corrected chi connectivity index (χ2v) is 11.2. The molecule has 7 nitrogen and oxygen atoms in total. The molecule has 2 aromatic carbocycles. The Labute approximate surface area is 228 Å². The number of nitrogens with two attached hydrogens (primary N) is 1. The van der Waals surface area contributed by atoms with E-state index >= 15 is 0 Å². The fourth-order valence-corrected chi connectivity index (χ4v) is 6.42. The fraction of sp³-hybridized carbons (Fsp3) is 0.406. The van der Waals surface area contributed by atoms with Gasteiger partial charge in [-0.1, -0.05) is 24.3 Å². The van der Waals surface area contributed by atoms with Gasteiger partial charge in [0.15, 0.2) is 5.60 Å². The van der Waals surface area contributed by atoms with E-state index in [-0.39, 0.29) is 0 Å². The predicted octanol–water partition coefficient (Wildman–Crippen LogP) is 5.82. The maximum absolute atomic E-state index is 13.0. The first kappa shape index (κ1) is 25.6. The highest BCUT2D eigenvalue weighted by Crippen LogP contribution is 2.38. The highest BCUT2D eigenvalue weighted by molar-refractivity contribution is 5.96. The van der Waals surface area contributed by atoms with Gasteiger partial charge in [0, 0.05) is 22.5 Å². The molecule has 0 unspecified atom stereocenters. The van der Waals surface area contributed by atoms with Gasteiger partial charge in [0.25, 0.3) is 5.91 Å². The number of carbonyl (C=O) groups is 2. The van der Waals surface area contributed by atoms with E-state index in [1.54, 1.807) is 24.4 Å². The second kappa shape index (κ2) is 10.8. The smallest absolute Gasteiger partial charge is 0.339 e. The number of pyridine rings is 1. The third-order valence-electron chi connectivity index (χ3n) is 8.88. The van der Waals surface area contributed by atoms with Crippen LogP contribution in [-0.2, 0) is 9.53 Å². The number of esters is 1. The van der Waals surface area contributed by atoms with Crippen LogP contribution in [0.25, 0.3) is 21.9 Å². The largest absolute Gasteiger partial charge is 0.464 e. The zero-order valence-electron chi connectivity index (χ0n) is 22.2. The first-order chi connectivity index (χ1) is 19.0. The quantitative estimate of drug-likeness (QED) is 0.305. The lowest BCUT2D eigenvalue weighted by Crippen LogP contribution is -2.50. The Balaban J connectivity index is 1.000. The summed E-state index contributed by atoms with van der Waals surface area (Å²) >= 11 is 0. The molecule has 2 aromatic heterocycles. The minimum Gasteiger partial charge on any atom is -0.464 e. The number of hydrogen-bond donors (Lipinski definition) is 1. The van der Waals surface area contributed by atoms with Crippen molar-refractivity contribution in [3.8, 4) is 0 Å². The van der Waals surface area contributed by atoms with E-state index in [0.29, 0.717) is 30.2 Å². The van der Waals surface area contributed by atoms with Gasteiger partial charge in [-0.3, -0.25) is 9.78 Å². The summed E-state index contributed by atoms with van der Waals surface area (Å²) in [5.41, 5.74) is 8.10. The van der Waals surface area contributed by atoms with Crippen LogP contribution in [0.1, 0.15) is 66.8 Å². The average Bonchev–Trinajstić information content (AvgIpc) is 3.41. The van der Waals surface area contributed by atoms with Crippen LogP contribution in [0.4, 0.5) is 0 Å². The predicted molar refractivity (Wildman–Crippen MR) is 150 cm³/mol. The summed E-state index contributed by atoms with van der Waals surface area (Å²) < 4.78 is 11.6. The van der Waals surface area contributed by atoms with Crippen molar-refractivity contribution in [2.45, 2.75) is 56.5 Å². The van der Waals surface area contributed by atoms with Gasteiger partial charge in [0.05, 0.1) is 17.3 Å². The molecule has 1 aliphatic carbocycles. The number of piperidine rings is 1. The summed E-state index contributed by atoms with van der Waals surface area (Å²) in [6.45, 7) is 3.22. The van der Waals surface area contributed by atoms with Crippen molar-refractivity contribution < 1.29 is 18.7 Å². The van der Waals surface area contributed by atoms with E-state index in [2.05, 4.69) is 22.0 Å². The first-order valence-corrected chi connectivity index (χ1v) is 14.1. The monoisotopic (exact) mass is 525 g/mol. The summed E-state index contributed by atoms with van der Waals surface area (Å²) in [4.78, 5) is 32.3. The molecule has 2 fully saturated rings. The number of aromatic nitrogens is 1. The van der Waals surface area contributed by atoms with Crippen molar-refractivity contribution in [3.05, 3.63) is 78.2 Å². The Hall–Kier alpha value is -3.71. The Kier molecular flexibility index (Phi) is 7.09. The Morgan fingerprint density at radius 3 is 2.62 bits per heavy atom. The number of nitrogens with zero attached hydrogens (tertiary/aromatic N) is 2. The van der Waals surface area contributed by atoms with Crippen molar-refractivity contribution in [2.75, 3.05) is 19.6 Å². The van der Waals surface area contributed by atoms with Crippen LogP contribution in [0, 0.1) is 5.92 Å². The Morgan fingerprint density at radius 1 is 1.03 bits per heavy atom. The lowest BCUT2D eigenvalue weighted by Gasteiger charge is -2.38. The number of ether oxygens (including phenoxy) is 1. The lowest BCUT2D eigenvalue weighted by atomic mass is 9.76. The normalized spacial score (nSPS) is 22.7. The molecule has 2 aliphatic rings. The van der Waals surface area contributed by atoms with E-state index < -0.39 is 17.5 Å². The second-order valence-electron chi connectivity index (χ2n) is 11.2. The van der Waals surface area contributed by atoms with Crippen molar-refractivity contribution in [1.82, 2.24) is 9.88 Å². The molecule has 1 amide bonds. The van der Waals surface area contributed by atoms with Crippen molar-refractivity contribution in [1.29, 1.82) is 0 Å². The van der Waals surface area contributed by atoms with Gasteiger partial charge in [-0.05, 0) is 107 Å². The van der Waals surface area contributed by atoms with Gasteiger partial charge in [0.1, 0.15) is 5.58 Å². The summed E-state index contributed by atoms with van der Waals surface area (Å²) in [5, 5.41) is 2.10. The number of benzene rings is 2. The Morgan fingerprint density at radius 2 is 1.82 bits per heavy atom. The van der Waals surface area contributed by atoms with Gasteiger partial charge in [-0.15, -0.1) is 0 Å². The van der Waals surface area contributed by atoms with E-state index in [9.17, 15) is 9.59 Å². The summed E-state index contributed by atoms with van der Waals surface area (Å²) in [7, 11) is 0. The third kappa shape index (κ3) is 5.28. The number of para-hydroxylation sites is 1. The van der Waals surface area contributed by atoms with Gasteiger partial charge in [0.2, 0.25) is 0 Å². The first-order valence-electron chi connectivity index (χ1n) is 14.1. The molecule has 39 heavy (non-hydrogen) atoms. The SMILES string of the molecule is NC(=O)C1(OC(=O)c2ccc3ncccc3c2)CCC(CCN2CCC(c3coc4ccccc34)CC2)CC1. The fourth-order valence-electron chi connectivity index (χ4n) is 6.42. The summed E-state index contributed by atoms with van der Waals surface area (Å²) in [5.74, 6) is -0.0142. The molecular weight excluding hydrogens is 490 g/mol. The molecule has 6 rings (SSSR count). The molecule has 1 saturated carbocycles. The number of primary amides is 1. The minimum absolute atomic E-state index is 0.407. The molecule has 7 heteroatoms. The molecule has 0 bridgehead atoms. The van der Waals surface area contributed by atoms with Crippen LogP contribution in [0.2, 0.25) is 0 Å². The number of fused-ring (bicyclic) bond motifs is 2. The van der Waals surface area contributed by atoms with E-state index in [1.165, 1.54) is 10.9 Å². The van der Waals surface area contributed by atoms with Crippen LogP contribution in [0.5, 0.6) is 0 Å². The molecule has 0 spiro atoms. The summed E-state index contributed by atoms with van der Waals surface area (Å²) in [6.07, 6.45) is 9.63. The number of amides is 1. The molecule has 4 aromatic rings. The number of hydrogen-bond acceptors (Lipinski definition) is 6. The molecule has 1 saturated heterocycles. The van der Waals surface area contributed by atoms with Crippen molar-refractivity contribution in [2.24, 2.45) is 11.7 Å². The summed E-state index contributed by atoms with van der Waals surface area (Å²) in [6, 6.07) is 17.3. The molecule has 0 radical (unpaired) electrons. The molecule has 202 valence electrons. The van der Waals surface area contributed by atoms with Crippen molar-refractivity contribution in [3.63, 3.8) is 0 Å². The highest BCUT2D eigenvalue weighted by Gasteiger charge is 2.44. The van der Waals surface area contributed by atoms with Gasteiger partial charge < -0.3 is 19.8 Å². The molecule has 3 heterocycles. The molecule has 2 N–H and O–H groups in total. The van der Waals surface area contributed by atoms with Crippen LogP contribution in [0.3, 0.4) is 0 Å². The standard InChI is InChI=1S/C32H35N3O4/c33-31(37)32(39-30(36)25-7-8-28-24(20-25)4-3-16-34-28)14-9-22(10-15-32)11-17-35-18-12-23(13-19-35)27-21-38-29-6-2-1-5-26(27)29/h1-8,16,20-23H,9-15,17-19H2,(H2,33,37). The highest BCUT2D eigenvalue weighted by atomic mass is 16.6.